The van der Waals surface area contributed by atoms with Crippen LogP contribution in [0.1, 0.15) is 58.6 Å². The number of piperidine rings is 1. The molecular formula is C14H27N5. The van der Waals surface area contributed by atoms with Crippen molar-refractivity contribution in [2.45, 2.75) is 65.0 Å². The van der Waals surface area contributed by atoms with Crippen LogP contribution < -0.4 is 11.2 Å². The minimum atomic E-state index is 0.345. The number of rotatable bonds is 3. The molecule has 1 saturated heterocycles. The van der Waals surface area contributed by atoms with E-state index in [0.717, 1.165) is 17.2 Å². The van der Waals surface area contributed by atoms with Crippen LogP contribution in [0.4, 0.5) is 11.5 Å². The first-order chi connectivity index (χ1) is 8.91. The summed E-state index contributed by atoms with van der Waals surface area (Å²) in [5, 5.41) is 6.85. The molecule has 3 N–H and O–H groups in total. The highest BCUT2D eigenvalue weighted by atomic mass is 15.6. The van der Waals surface area contributed by atoms with E-state index in [1.807, 2.05) is 11.7 Å². The monoisotopic (exact) mass is 265 g/mol. The summed E-state index contributed by atoms with van der Waals surface area (Å²) in [5.41, 5.74) is 11.5. The molecule has 0 amide bonds. The van der Waals surface area contributed by atoms with Crippen LogP contribution in [0.2, 0.25) is 0 Å². The zero-order valence-corrected chi connectivity index (χ0v) is 12.8. The summed E-state index contributed by atoms with van der Waals surface area (Å²) in [4.78, 5) is 0. The molecule has 0 bridgehead atoms. The zero-order chi connectivity index (χ0) is 14.2. The lowest BCUT2D eigenvalue weighted by Crippen LogP contribution is -2.47. The lowest BCUT2D eigenvalue weighted by Gasteiger charge is -2.39. The Balaban J connectivity index is 2.23. The van der Waals surface area contributed by atoms with Crippen molar-refractivity contribution in [3.05, 3.63) is 5.69 Å². The predicted octanol–water partition coefficient (Wildman–Crippen LogP) is 2.72. The molecule has 108 valence electrons. The Hall–Kier alpha value is -1.23. The van der Waals surface area contributed by atoms with Gasteiger partial charge in [-0.1, -0.05) is 20.3 Å². The maximum absolute atomic E-state index is 6.24. The van der Waals surface area contributed by atoms with Crippen molar-refractivity contribution < 1.29 is 0 Å². The SMILES string of the molecule is CC(C)c1nn(C)c(NN2C(C)CCCC2C)c1N. The molecule has 0 aliphatic carbocycles. The fourth-order valence-corrected chi connectivity index (χ4v) is 2.88. The molecule has 1 aliphatic heterocycles. The molecule has 0 radical (unpaired) electrons. The Bertz CT molecular complexity index is 427. The van der Waals surface area contributed by atoms with Crippen LogP contribution in [0.15, 0.2) is 0 Å². The molecule has 0 aromatic carbocycles. The van der Waals surface area contributed by atoms with E-state index >= 15 is 0 Å². The van der Waals surface area contributed by atoms with E-state index in [4.69, 9.17) is 5.73 Å². The fraction of sp³-hybridized carbons (Fsp3) is 0.786. The second-order valence-corrected chi connectivity index (χ2v) is 6.07. The predicted molar refractivity (Wildman–Crippen MR) is 79.9 cm³/mol. The minimum Gasteiger partial charge on any atom is -0.394 e. The lowest BCUT2D eigenvalue weighted by molar-refractivity contribution is 0.134. The van der Waals surface area contributed by atoms with Gasteiger partial charge in [-0.05, 0) is 32.6 Å². The molecule has 0 saturated carbocycles. The lowest BCUT2D eigenvalue weighted by atomic mass is 10.00. The molecular weight excluding hydrogens is 238 g/mol. The van der Waals surface area contributed by atoms with Crippen LogP contribution in [-0.4, -0.2) is 26.9 Å². The first kappa shape index (κ1) is 14.2. The molecule has 2 rings (SSSR count). The number of anilines is 2. The number of nitrogens with two attached hydrogens (primary N) is 1. The maximum atomic E-state index is 6.24. The van der Waals surface area contributed by atoms with E-state index in [2.05, 4.69) is 43.2 Å². The van der Waals surface area contributed by atoms with Crippen molar-refractivity contribution >= 4 is 11.5 Å². The van der Waals surface area contributed by atoms with Crippen molar-refractivity contribution in [1.82, 2.24) is 14.8 Å². The molecule has 2 atom stereocenters. The Morgan fingerprint density at radius 3 is 2.32 bits per heavy atom. The van der Waals surface area contributed by atoms with Gasteiger partial charge in [0.25, 0.3) is 0 Å². The van der Waals surface area contributed by atoms with Gasteiger partial charge in [0.1, 0.15) is 0 Å². The third kappa shape index (κ3) is 2.71. The Labute approximate surface area is 116 Å². The first-order valence-electron chi connectivity index (χ1n) is 7.29. The summed E-state index contributed by atoms with van der Waals surface area (Å²) >= 11 is 0. The van der Waals surface area contributed by atoms with Crippen molar-refractivity contribution in [3.8, 4) is 0 Å². The number of aromatic nitrogens is 2. The average Bonchev–Trinajstić information content (AvgIpc) is 2.61. The van der Waals surface area contributed by atoms with Gasteiger partial charge in [0.05, 0.1) is 11.4 Å². The molecule has 19 heavy (non-hydrogen) atoms. The summed E-state index contributed by atoms with van der Waals surface area (Å²) in [5.74, 6) is 1.27. The first-order valence-corrected chi connectivity index (χ1v) is 7.29. The number of aryl methyl sites for hydroxylation is 1. The van der Waals surface area contributed by atoms with Crippen LogP contribution in [0, 0.1) is 0 Å². The number of nitrogens with one attached hydrogen (secondary N) is 1. The van der Waals surface area contributed by atoms with Gasteiger partial charge in [-0.2, -0.15) is 5.10 Å². The summed E-state index contributed by atoms with van der Waals surface area (Å²) in [7, 11) is 1.95. The molecule has 2 heterocycles. The van der Waals surface area contributed by atoms with Gasteiger partial charge in [-0.25, -0.2) is 9.69 Å². The van der Waals surface area contributed by atoms with Gasteiger partial charge < -0.3 is 11.2 Å². The second-order valence-electron chi connectivity index (χ2n) is 6.07. The van der Waals surface area contributed by atoms with Crippen LogP contribution in [0.5, 0.6) is 0 Å². The van der Waals surface area contributed by atoms with Crippen LogP contribution in [0.3, 0.4) is 0 Å². The van der Waals surface area contributed by atoms with E-state index in [1.54, 1.807) is 0 Å². The number of nitrogens with zero attached hydrogens (tertiary/aromatic N) is 3. The molecule has 1 aromatic heterocycles. The third-order valence-corrected chi connectivity index (χ3v) is 4.09. The van der Waals surface area contributed by atoms with Gasteiger partial charge >= 0.3 is 0 Å². The molecule has 0 spiro atoms. The van der Waals surface area contributed by atoms with Crippen LogP contribution >= 0.6 is 0 Å². The van der Waals surface area contributed by atoms with Gasteiger partial charge in [-0.3, -0.25) is 0 Å². The van der Waals surface area contributed by atoms with E-state index in [-0.39, 0.29) is 0 Å². The summed E-state index contributed by atoms with van der Waals surface area (Å²) in [6.45, 7) is 8.76. The topological polar surface area (TPSA) is 59.1 Å². The highest BCUT2D eigenvalue weighted by molar-refractivity contribution is 5.65. The Kier molecular flexibility index (Phi) is 4.04. The summed E-state index contributed by atoms with van der Waals surface area (Å²) in [6.07, 6.45) is 3.76. The number of hydrazine groups is 1. The largest absolute Gasteiger partial charge is 0.394 e. The zero-order valence-electron chi connectivity index (χ0n) is 12.8. The standard InChI is InChI=1S/C14H27N5/c1-9(2)13-12(15)14(18(5)16-13)17-19-10(3)7-6-8-11(19)4/h9-11,17H,6-8,15H2,1-5H3. The van der Waals surface area contributed by atoms with Crippen LogP contribution in [0.25, 0.3) is 0 Å². The fourth-order valence-electron chi connectivity index (χ4n) is 2.88. The van der Waals surface area contributed by atoms with Gasteiger partial charge in [0.2, 0.25) is 0 Å². The van der Waals surface area contributed by atoms with Crippen molar-refractivity contribution in [3.63, 3.8) is 0 Å². The molecule has 5 heteroatoms. The highest BCUT2D eigenvalue weighted by Crippen LogP contribution is 2.30. The van der Waals surface area contributed by atoms with E-state index in [1.165, 1.54) is 19.3 Å². The number of hydrogen-bond acceptors (Lipinski definition) is 4. The third-order valence-electron chi connectivity index (χ3n) is 4.09. The van der Waals surface area contributed by atoms with Gasteiger partial charge in [0.15, 0.2) is 5.82 Å². The van der Waals surface area contributed by atoms with E-state index in [0.29, 0.717) is 18.0 Å². The maximum Gasteiger partial charge on any atom is 0.162 e. The Morgan fingerprint density at radius 2 is 1.84 bits per heavy atom. The highest BCUT2D eigenvalue weighted by Gasteiger charge is 2.27. The summed E-state index contributed by atoms with van der Waals surface area (Å²) < 4.78 is 1.86. The normalized spacial score (nSPS) is 24.9. The van der Waals surface area contributed by atoms with Crippen LogP contribution in [-0.2, 0) is 7.05 Å². The average molecular weight is 265 g/mol. The molecule has 5 nitrogen and oxygen atoms in total. The Morgan fingerprint density at radius 1 is 1.26 bits per heavy atom. The smallest absolute Gasteiger partial charge is 0.162 e. The van der Waals surface area contributed by atoms with Crippen molar-refractivity contribution in [1.29, 1.82) is 0 Å². The van der Waals surface area contributed by atoms with Gasteiger partial charge in [-0.15, -0.1) is 0 Å². The molecule has 1 fully saturated rings. The van der Waals surface area contributed by atoms with E-state index < -0.39 is 0 Å². The number of nitrogen functional groups attached to an aromatic ring is 1. The molecule has 1 aliphatic rings. The molecule has 2 unspecified atom stereocenters. The van der Waals surface area contributed by atoms with Crippen molar-refractivity contribution in [2.24, 2.45) is 7.05 Å². The second kappa shape index (κ2) is 5.41. The van der Waals surface area contributed by atoms with Gasteiger partial charge in [0, 0.05) is 19.1 Å². The quantitative estimate of drug-likeness (QED) is 0.882. The molecule has 1 aromatic rings. The minimum absolute atomic E-state index is 0.345. The van der Waals surface area contributed by atoms with E-state index in [9.17, 15) is 0 Å². The summed E-state index contributed by atoms with van der Waals surface area (Å²) in [6, 6.07) is 1.06. The van der Waals surface area contributed by atoms with Crippen molar-refractivity contribution in [2.75, 3.05) is 11.2 Å². The number of hydrogen-bond donors (Lipinski definition) is 2.